The third-order valence-corrected chi connectivity index (χ3v) is 4.45. The number of hydrogen-bond acceptors (Lipinski definition) is 3. The fourth-order valence-corrected chi connectivity index (χ4v) is 3.13. The van der Waals surface area contributed by atoms with Crippen molar-refractivity contribution < 1.29 is 4.79 Å². The van der Waals surface area contributed by atoms with Crippen LogP contribution in [0.3, 0.4) is 0 Å². The van der Waals surface area contributed by atoms with Gasteiger partial charge in [0.15, 0.2) is 0 Å². The van der Waals surface area contributed by atoms with Gasteiger partial charge < -0.3 is 10.2 Å². The number of nitrogens with one attached hydrogen (secondary N) is 1. The van der Waals surface area contributed by atoms with Gasteiger partial charge in [-0.1, -0.05) is 6.07 Å². The lowest BCUT2D eigenvalue weighted by Gasteiger charge is -2.21. The topological polar surface area (TPSA) is 32.3 Å². The van der Waals surface area contributed by atoms with Crippen LogP contribution in [-0.4, -0.2) is 30.4 Å². The Balaban J connectivity index is 0.00000180. The van der Waals surface area contributed by atoms with Gasteiger partial charge in [0.05, 0.1) is 6.54 Å². The highest BCUT2D eigenvalue weighted by Gasteiger charge is 2.18. The number of thiophene rings is 1. The molecule has 3 nitrogen and oxygen atoms in total. The minimum atomic E-state index is 0. The first-order valence-electron chi connectivity index (χ1n) is 6.80. The van der Waals surface area contributed by atoms with Crippen molar-refractivity contribution in [2.24, 2.45) is 5.92 Å². The van der Waals surface area contributed by atoms with Gasteiger partial charge in [0, 0.05) is 17.8 Å². The highest BCUT2D eigenvalue weighted by atomic mass is 35.5. The number of halogens is 1. The van der Waals surface area contributed by atoms with E-state index in [-0.39, 0.29) is 12.4 Å². The first kappa shape index (κ1) is 16.5. The summed E-state index contributed by atoms with van der Waals surface area (Å²) in [6.07, 6.45) is 2.96. The summed E-state index contributed by atoms with van der Waals surface area (Å²) in [5.74, 6) is 1.01. The van der Waals surface area contributed by atoms with Crippen LogP contribution in [0.2, 0.25) is 0 Å². The lowest BCUT2D eigenvalue weighted by atomic mass is 10.0. The molecule has 1 aliphatic rings. The molecular formula is C14H23ClN2OS. The summed E-state index contributed by atoms with van der Waals surface area (Å²) in [6, 6.07) is 4.14. The Morgan fingerprint density at radius 3 is 3.00 bits per heavy atom. The molecule has 0 bridgehead atoms. The van der Waals surface area contributed by atoms with Crippen LogP contribution in [0.5, 0.6) is 0 Å². The van der Waals surface area contributed by atoms with E-state index in [0.717, 1.165) is 32.6 Å². The van der Waals surface area contributed by atoms with Gasteiger partial charge >= 0.3 is 0 Å². The molecule has 1 atom stereocenters. The molecule has 1 aromatic rings. The summed E-state index contributed by atoms with van der Waals surface area (Å²) >= 11 is 1.72. The average molecular weight is 303 g/mol. The monoisotopic (exact) mass is 302 g/mol. The van der Waals surface area contributed by atoms with E-state index in [2.05, 4.69) is 23.7 Å². The number of carbonyl (C=O) groups is 1. The molecule has 0 spiro atoms. The molecule has 1 aromatic heterocycles. The largest absolute Gasteiger partial charge is 0.338 e. The number of hydrogen-bond donors (Lipinski definition) is 1. The number of nitrogens with zero attached hydrogens (tertiary/aromatic N) is 1. The smallest absolute Gasteiger partial charge is 0.222 e. The molecule has 1 unspecified atom stereocenters. The summed E-state index contributed by atoms with van der Waals surface area (Å²) in [6.45, 7) is 5.84. The summed E-state index contributed by atoms with van der Waals surface area (Å²) in [4.78, 5) is 15.4. The van der Waals surface area contributed by atoms with E-state index in [1.165, 1.54) is 11.3 Å². The third kappa shape index (κ3) is 5.13. The van der Waals surface area contributed by atoms with E-state index in [1.54, 1.807) is 11.3 Å². The van der Waals surface area contributed by atoms with Gasteiger partial charge in [-0.15, -0.1) is 23.7 Å². The van der Waals surface area contributed by atoms with Crippen molar-refractivity contribution in [3.63, 3.8) is 0 Å². The van der Waals surface area contributed by atoms with Crippen LogP contribution in [0.25, 0.3) is 0 Å². The van der Waals surface area contributed by atoms with E-state index in [0.29, 0.717) is 18.2 Å². The van der Waals surface area contributed by atoms with Gasteiger partial charge in [-0.3, -0.25) is 4.79 Å². The molecule has 1 fully saturated rings. The van der Waals surface area contributed by atoms with E-state index < -0.39 is 0 Å². The molecule has 5 heteroatoms. The van der Waals surface area contributed by atoms with Gasteiger partial charge in [-0.25, -0.2) is 0 Å². The summed E-state index contributed by atoms with van der Waals surface area (Å²) in [5.41, 5.74) is 0. The maximum Gasteiger partial charge on any atom is 0.222 e. The molecule has 0 radical (unpaired) electrons. The Labute approximate surface area is 125 Å². The SMILES string of the molecule is CCN(Cc1cccs1)C(=O)CCC1CCNC1.Cl. The van der Waals surface area contributed by atoms with E-state index in [9.17, 15) is 4.79 Å². The van der Waals surface area contributed by atoms with Gasteiger partial charge in [0.2, 0.25) is 5.91 Å². The van der Waals surface area contributed by atoms with Crippen molar-refractivity contribution >= 4 is 29.7 Å². The molecule has 1 saturated heterocycles. The van der Waals surface area contributed by atoms with Gasteiger partial charge in [-0.2, -0.15) is 0 Å². The normalized spacial score (nSPS) is 18.1. The minimum Gasteiger partial charge on any atom is -0.338 e. The Morgan fingerprint density at radius 1 is 1.58 bits per heavy atom. The molecule has 108 valence electrons. The van der Waals surface area contributed by atoms with Crippen LogP contribution in [0.1, 0.15) is 31.1 Å². The number of carbonyl (C=O) groups excluding carboxylic acids is 1. The molecule has 1 N–H and O–H groups in total. The first-order valence-corrected chi connectivity index (χ1v) is 7.68. The lowest BCUT2D eigenvalue weighted by molar-refractivity contribution is -0.131. The number of rotatable bonds is 6. The van der Waals surface area contributed by atoms with Gasteiger partial charge in [0.25, 0.3) is 0 Å². The molecule has 0 aliphatic carbocycles. The first-order chi connectivity index (χ1) is 8.79. The minimum absolute atomic E-state index is 0. The Hall–Kier alpha value is -0.580. The summed E-state index contributed by atoms with van der Waals surface area (Å²) in [5, 5.41) is 5.42. The predicted octanol–water partition coefficient (Wildman–Crippen LogP) is 2.91. The van der Waals surface area contributed by atoms with Crippen LogP contribution in [-0.2, 0) is 11.3 Å². The van der Waals surface area contributed by atoms with Crippen LogP contribution in [0.4, 0.5) is 0 Å². The fourth-order valence-electron chi connectivity index (χ4n) is 2.41. The Kier molecular flexibility index (Phi) is 7.42. The average Bonchev–Trinajstić information content (AvgIpc) is 3.06. The van der Waals surface area contributed by atoms with E-state index in [1.807, 2.05) is 11.0 Å². The summed E-state index contributed by atoms with van der Waals surface area (Å²) < 4.78 is 0. The molecule has 0 aromatic carbocycles. The second-order valence-corrected chi connectivity index (χ2v) is 5.92. The third-order valence-electron chi connectivity index (χ3n) is 3.59. The van der Waals surface area contributed by atoms with Crippen LogP contribution in [0, 0.1) is 5.92 Å². The highest BCUT2D eigenvalue weighted by molar-refractivity contribution is 7.09. The van der Waals surface area contributed by atoms with Gasteiger partial charge in [-0.05, 0) is 50.2 Å². The maximum absolute atomic E-state index is 12.2. The zero-order valence-corrected chi connectivity index (χ0v) is 13.1. The van der Waals surface area contributed by atoms with Crippen molar-refractivity contribution in [1.29, 1.82) is 0 Å². The molecule has 2 heterocycles. The Morgan fingerprint density at radius 2 is 2.42 bits per heavy atom. The second kappa shape index (κ2) is 8.56. The van der Waals surface area contributed by atoms with Crippen molar-refractivity contribution in [2.45, 2.75) is 32.7 Å². The zero-order valence-electron chi connectivity index (χ0n) is 11.4. The molecular weight excluding hydrogens is 280 g/mol. The van der Waals surface area contributed by atoms with Crippen molar-refractivity contribution in [3.8, 4) is 0 Å². The van der Waals surface area contributed by atoms with Crippen molar-refractivity contribution in [3.05, 3.63) is 22.4 Å². The second-order valence-electron chi connectivity index (χ2n) is 4.88. The standard InChI is InChI=1S/C14H22N2OS.ClH/c1-2-16(11-13-4-3-9-18-13)14(17)6-5-12-7-8-15-10-12;/h3-4,9,12,15H,2,5-8,10-11H2,1H3;1H. The number of amides is 1. The van der Waals surface area contributed by atoms with Crippen LogP contribution >= 0.6 is 23.7 Å². The Bertz CT molecular complexity index is 364. The van der Waals surface area contributed by atoms with E-state index >= 15 is 0 Å². The lowest BCUT2D eigenvalue weighted by Crippen LogP contribution is -2.30. The molecule has 1 amide bonds. The molecule has 19 heavy (non-hydrogen) atoms. The summed E-state index contributed by atoms with van der Waals surface area (Å²) in [7, 11) is 0. The molecule has 0 saturated carbocycles. The maximum atomic E-state index is 12.2. The quantitative estimate of drug-likeness (QED) is 0.876. The molecule has 1 aliphatic heterocycles. The van der Waals surface area contributed by atoms with Crippen LogP contribution in [0.15, 0.2) is 17.5 Å². The predicted molar refractivity (Wildman–Crippen MR) is 82.9 cm³/mol. The van der Waals surface area contributed by atoms with Crippen molar-refractivity contribution in [1.82, 2.24) is 10.2 Å². The van der Waals surface area contributed by atoms with Crippen LogP contribution < -0.4 is 5.32 Å². The highest BCUT2D eigenvalue weighted by Crippen LogP contribution is 2.17. The fraction of sp³-hybridized carbons (Fsp3) is 0.643. The van der Waals surface area contributed by atoms with E-state index in [4.69, 9.17) is 0 Å². The molecule has 2 rings (SSSR count). The van der Waals surface area contributed by atoms with Crippen molar-refractivity contribution in [2.75, 3.05) is 19.6 Å². The zero-order chi connectivity index (χ0) is 12.8. The van der Waals surface area contributed by atoms with Gasteiger partial charge in [0.1, 0.15) is 0 Å².